The number of carboxylic acids is 1. The van der Waals surface area contributed by atoms with Crippen LogP contribution < -0.4 is 26.8 Å². The predicted molar refractivity (Wildman–Crippen MR) is 173 cm³/mol. The van der Waals surface area contributed by atoms with E-state index in [4.69, 9.17) is 25.6 Å². The van der Waals surface area contributed by atoms with E-state index in [0.717, 1.165) is 22.5 Å². The number of aryl methyl sites for hydroxylation is 1. The fraction of sp³-hybridized carbons (Fsp3) is 0.500. The lowest BCUT2D eigenvalue weighted by Gasteiger charge is -2.50. The molecule has 2 aromatic rings. The number of carboxylic acid groups (broad SMARTS) is 1. The number of carbonyl (C=O) groups is 3. The minimum Gasteiger partial charge on any atom is -0.485 e. The molecule has 0 bridgehead atoms. The van der Waals surface area contributed by atoms with Gasteiger partial charge < -0.3 is 41.9 Å². The Balaban J connectivity index is 1.35. The third-order valence-electron chi connectivity index (χ3n) is 8.49. The number of ether oxygens (including phenoxy) is 1. The number of aliphatic hydroxyl groups is 1. The summed E-state index contributed by atoms with van der Waals surface area (Å²) >= 11 is 0.959. The van der Waals surface area contributed by atoms with Gasteiger partial charge in [-0.05, 0) is 70.3 Å². The lowest BCUT2D eigenvalue weighted by atomic mass is 9.84. The van der Waals surface area contributed by atoms with Gasteiger partial charge in [0.2, 0.25) is 0 Å². The summed E-state index contributed by atoms with van der Waals surface area (Å²) in [5.41, 5.74) is 8.80. The van der Waals surface area contributed by atoms with Crippen LogP contribution in [0.3, 0.4) is 0 Å². The Kier molecular flexibility index (Phi) is 9.87. The first-order chi connectivity index (χ1) is 23.0. The molecule has 4 heterocycles. The highest BCUT2D eigenvalue weighted by Gasteiger charge is 2.58. The lowest BCUT2D eigenvalue weighted by Crippen LogP contribution is -2.76. The highest BCUT2D eigenvalue weighted by molar-refractivity contribution is 7.80. The van der Waals surface area contributed by atoms with Crippen molar-refractivity contribution in [1.82, 2.24) is 20.7 Å². The summed E-state index contributed by atoms with van der Waals surface area (Å²) in [4.78, 5) is 53.0. The van der Waals surface area contributed by atoms with E-state index in [2.05, 4.69) is 30.0 Å². The van der Waals surface area contributed by atoms with Gasteiger partial charge in [-0.25, -0.2) is 9.78 Å². The number of amides is 2. The standard InChI is InChI=1S/C28H36N8O11S2/c1-27(2)21(24(39)36(27)47-49(42,43)44)34-23(38)20(17-12-48-26(30)33-17)35-46-28(3,25(40)41)19-7-5-13-10-14(4-6-18(13)45-19)22-31-15(8-9-29)16(11-37)32-22/h4,6,10,12,15-16,19,21,37H,5,7-9,11,29H2,1-3H3,(H2,30,33)(H,31,32)(H,34,38)(H,40,41)(H,42,43,44)/b35-20-/t15-,16+,19-,21-,28+/m1/s1. The number of hydroxylamine groups is 2. The molecule has 3 aliphatic heterocycles. The van der Waals surface area contributed by atoms with Gasteiger partial charge in [0.05, 0.1) is 24.2 Å². The van der Waals surface area contributed by atoms with Crippen molar-refractivity contribution >= 4 is 56.2 Å². The Labute approximate surface area is 284 Å². The van der Waals surface area contributed by atoms with Crippen molar-refractivity contribution in [2.45, 2.75) is 75.4 Å². The number of nitrogens with two attached hydrogens (primary N) is 2. The van der Waals surface area contributed by atoms with Crippen LogP contribution in [0.5, 0.6) is 5.75 Å². The third kappa shape index (κ3) is 7.16. The number of aliphatic hydroxyl groups excluding tert-OH is 1. The number of amidine groups is 1. The number of hydrogen-bond acceptors (Lipinski definition) is 16. The minimum absolute atomic E-state index is 0.0522. The summed E-state index contributed by atoms with van der Waals surface area (Å²) in [5, 5.41) is 31.3. The summed E-state index contributed by atoms with van der Waals surface area (Å²) in [7, 11) is -5.03. The first-order valence-electron chi connectivity index (χ1n) is 15.0. The van der Waals surface area contributed by atoms with E-state index >= 15 is 0 Å². The molecule has 1 fully saturated rings. The minimum atomic E-state index is -5.03. The van der Waals surface area contributed by atoms with E-state index in [1.807, 2.05) is 6.07 Å². The number of fused-ring (bicyclic) bond motifs is 1. The maximum absolute atomic E-state index is 13.5. The van der Waals surface area contributed by atoms with Crippen molar-refractivity contribution in [2.75, 3.05) is 18.9 Å². The molecule has 1 aromatic heterocycles. The molecule has 49 heavy (non-hydrogen) atoms. The van der Waals surface area contributed by atoms with Crippen molar-refractivity contribution < 1.29 is 51.4 Å². The van der Waals surface area contributed by atoms with Crippen LogP contribution in [0.15, 0.2) is 33.7 Å². The van der Waals surface area contributed by atoms with Gasteiger partial charge in [-0.2, -0.15) is 13.5 Å². The topological polar surface area (TPSA) is 291 Å². The number of nitrogens with one attached hydrogen (secondary N) is 2. The summed E-state index contributed by atoms with van der Waals surface area (Å²) < 4.78 is 41.7. The Bertz CT molecular complexity index is 1810. The zero-order valence-electron chi connectivity index (χ0n) is 26.5. The largest absolute Gasteiger partial charge is 0.485 e. The molecule has 0 radical (unpaired) electrons. The lowest BCUT2D eigenvalue weighted by molar-refractivity contribution is -0.218. The highest BCUT2D eigenvalue weighted by Crippen LogP contribution is 2.36. The molecular formula is C28H36N8O11S2. The maximum atomic E-state index is 13.5. The van der Waals surface area contributed by atoms with E-state index in [9.17, 15) is 33.0 Å². The Morgan fingerprint density at radius 3 is 2.67 bits per heavy atom. The predicted octanol–water partition coefficient (Wildman–Crippen LogP) is -1.05. The zero-order chi connectivity index (χ0) is 35.9. The number of nitrogen functional groups attached to an aromatic ring is 1. The fourth-order valence-electron chi connectivity index (χ4n) is 5.65. The van der Waals surface area contributed by atoms with E-state index in [-0.39, 0.29) is 35.9 Å². The Morgan fingerprint density at radius 1 is 1.35 bits per heavy atom. The summed E-state index contributed by atoms with van der Waals surface area (Å²) in [6.07, 6.45) is 0.103. The summed E-state index contributed by atoms with van der Waals surface area (Å²) in [6, 6.07) is 3.53. The van der Waals surface area contributed by atoms with Gasteiger partial charge in [-0.1, -0.05) is 5.16 Å². The average molecular weight is 725 g/mol. The number of rotatable bonds is 13. The molecule has 0 spiro atoms. The number of carbonyl (C=O) groups excluding carboxylic acids is 2. The number of aliphatic imine (C=N–C) groups is 1. The number of oxime groups is 1. The van der Waals surface area contributed by atoms with Gasteiger partial charge in [-0.15, -0.1) is 15.6 Å². The van der Waals surface area contributed by atoms with Crippen LogP contribution in [0.25, 0.3) is 0 Å². The van der Waals surface area contributed by atoms with Crippen molar-refractivity contribution in [2.24, 2.45) is 15.9 Å². The van der Waals surface area contributed by atoms with Crippen LogP contribution in [-0.4, -0.2) is 111 Å². The normalized spacial score (nSPS) is 24.4. The van der Waals surface area contributed by atoms with Crippen molar-refractivity contribution in [3.05, 3.63) is 40.4 Å². The highest BCUT2D eigenvalue weighted by atomic mass is 32.3. The summed E-state index contributed by atoms with van der Waals surface area (Å²) in [5.74, 6) is -2.46. The number of nitrogens with zero attached hydrogens (tertiary/aromatic N) is 4. The van der Waals surface area contributed by atoms with E-state index in [1.165, 1.54) is 26.2 Å². The summed E-state index contributed by atoms with van der Waals surface area (Å²) in [6.45, 7) is 4.28. The van der Waals surface area contributed by atoms with E-state index in [1.54, 1.807) is 12.1 Å². The molecule has 5 rings (SSSR count). The first-order valence-corrected chi connectivity index (χ1v) is 17.2. The number of benzene rings is 1. The molecule has 2 amide bonds. The molecule has 266 valence electrons. The van der Waals surface area contributed by atoms with Crippen LogP contribution >= 0.6 is 11.3 Å². The van der Waals surface area contributed by atoms with Crippen LogP contribution in [-0.2, 0) is 40.3 Å². The number of β-lactam (4-membered cyclic amide) rings is 1. The third-order valence-corrected chi connectivity index (χ3v) is 9.50. The molecule has 0 saturated carbocycles. The van der Waals surface area contributed by atoms with Gasteiger partial charge in [0, 0.05) is 10.9 Å². The first kappa shape index (κ1) is 35.9. The Hall–Kier alpha value is -4.41. The van der Waals surface area contributed by atoms with Crippen LogP contribution in [0.2, 0.25) is 0 Å². The number of hydrogen-bond donors (Lipinski definition) is 7. The molecule has 5 atom stereocenters. The van der Waals surface area contributed by atoms with E-state index < -0.39 is 57.2 Å². The van der Waals surface area contributed by atoms with Gasteiger partial charge in [0.15, 0.2) is 16.9 Å². The number of aliphatic carboxylic acids is 1. The SMILES string of the molecule is CC1(C)[C@H](NC(=O)/C(=N\O[C@](C)(C(=O)O)[C@H]2CCc3cc(C4=N[C@H](CCN)[C@H](CO)N4)ccc3O2)c2csc(N)n2)C(=O)N1OS(=O)(=O)O. The molecular weight excluding hydrogens is 688 g/mol. The van der Waals surface area contributed by atoms with Crippen molar-refractivity contribution in [3.63, 3.8) is 0 Å². The molecule has 0 aliphatic carbocycles. The van der Waals surface area contributed by atoms with E-state index in [0.29, 0.717) is 36.0 Å². The van der Waals surface area contributed by atoms with Gasteiger partial charge in [0.25, 0.3) is 17.4 Å². The van der Waals surface area contributed by atoms with Gasteiger partial charge in [-0.3, -0.25) is 19.1 Å². The fourth-order valence-corrected chi connectivity index (χ4v) is 6.65. The smallest absolute Gasteiger partial charge is 0.418 e. The second kappa shape index (κ2) is 13.5. The zero-order valence-corrected chi connectivity index (χ0v) is 28.2. The Morgan fingerprint density at radius 2 is 2.08 bits per heavy atom. The number of thiazole rings is 1. The van der Waals surface area contributed by atoms with Gasteiger partial charge >= 0.3 is 16.4 Å². The number of aromatic nitrogens is 1. The van der Waals surface area contributed by atoms with Crippen LogP contribution in [0.4, 0.5) is 5.13 Å². The van der Waals surface area contributed by atoms with Crippen molar-refractivity contribution in [3.8, 4) is 5.75 Å². The monoisotopic (exact) mass is 724 g/mol. The molecule has 0 unspecified atom stereocenters. The average Bonchev–Trinajstić information content (AvgIpc) is 3.67. The number of anilines is 1. The molecule has 3 aliphatic rings. The molecule has 1 aromatic carbocycles. The molecule has 1 saturated heterocycles. The molecule has 21 heteroatoms. The second-order valence-electron chi connectivity index (χ2n) is 12.2. The molecule has 19 nitrogen and oxygen atoms in total. The maximum Gasteiger partial charge on any atom is 0.418 e. The molecule has 9 N–H and O–H groups in total. The van der Waals surface area contributed by atoms with Crippen LogP contribution in [0, 0.1) is 0 Å². The quantitative estimate of drug-likeness (QED) is 0.0561. The van der Waals surface area contributed by atoms with Gasteiger partial charge in [0.1, 0.15) is 23.3 Å². The van der Waals surface area contributed by atoms with Crippen molar-refractivity contribution in [1.29, 1.82) is 0 Å². The second-order valence-corrected chi connectivity index (χ2v) is 14.1. The van der Waals surface area contributed by atoms with Crippen LogP contribution in [0.1, 0.15) is 50.4 Å².